The highest BCUT2D eigenvalue weighted by Crippen LogP contribution is 2.29. The number of nitrogens with zero attached hydrogens (tertiary/aromatic N) is 3. The van der Waals surface area contributed by atoms with Gasteiger partial charge in [0.1, 0.15) is 30.3 Å². The molecular formula is C20H26ClN3O3. The summed E-state index contributed by atoms with van der Waals surface area (Å²) >= 11 is 6.17. The summed E-state index contributed by atoms with van der Waals surface area (Å²) in [5.74, 6) is 1.44. The lowest BCUT2D eigenvalue weighted by molar-refractivity contribution is -0.132. The van der Waals surface area contributed by atoms with E-state index in [0.717, 1.165) is 17.8 Å². The molecule has 0 spiro atoms. The number of likely N-dealkylation sites (tertiary alicyclic amines) is 1. The Morgan fingerprint density at radius 3 is 2.89 bits per heavy atom. The predicted molar refractivity (Wildman–Crippen MR) is 104 cm³/mol. The third-order valence-corrected chi connectivity index (χ3v) is 5.39. The molecule has 0 bridgehead atoms. The SMILES string of the molecule is Cc1ccc(Cl)c(OC[C@]2(O)CCCN(C(=O)Cn3ccnc3C)CC2)c1. The maximum absolute atomic E-state index is 12.6. The number of aryl methyl sites for hydroxylation is 2. The highest BCUT2D eigenvalue weighted by molar-refractivity contribution is 6.32. The van der Waals surface area contributed by atoms with E-state index in [2.05, 4.69) is 4.98 Å². The van der Waals surface area contributed by atoms with Crippen molar-refractivity contribution in [2.24, 2.45) is 0 Å². The lowest BCUT2D eigenvalue weighted by Gasteiger charge is -2.27. The molecule has 1 fully saturated rings. The number of carbonyl (C=O) groups excluding carboxylic acids is 1. The van der Waals surface area contributed by atoms with Gasteiger partial charge in [0, 0.05) is 25.5 Å². The summed E-state index contributed by atoms with van der Waals surface area (Å²) in [6, 6.07) is 5.58. The number of aromatic nitrogens is 2. The Hall–Kier alpha value is -2.05. The number of benzene rings is 1. The van der Waals surface area contributed by atoms with Crippen LogP contribution in [-0.4, -0.2) is 50.8 Å². The largest absolute Gasteiger partial charge is 0.489 e. The molecule has 146 valence electrons. The molecule has 3 rings (SSSR count). The standard InChI is InChI=1S/C20H26ClN3O3/c1-15-4-5-17(21)18(12-15)27-14-20(26)6-3-9-23(10-7-20)19(25)13-24-11-8-22-16(24)2/h4-5,8,11-12,26H,3,6-7,9-10,13-14H2,1-2H3/t20-/m0/s1. The molecule has 1 aromatic carbocycles. The van der Waals surface area contributed by atoms with Gasteiger partial charge in [0.05, 0.1) is 5.02 Å². The smallest absolute Gasteiger partial charge is 0.242 e. The van der Waals surface area contributed by atoms with E-state index in [0.29, 0.717) is 36.7 Å². The monoisotopic (exact) mass is 391 g/mol. The van der Waals surface area contributed by atoms with Crippen molar-refractivity contribution in [1.29, 1.82) is 0 Å². The highest BCUT2D eigenvalue weighted by atomic mass is 35.5. The minimum atomic E-state index is -0.965. The van der Waals surface area contributed by atoms with Crippen molar-refractivity contribution < 1.29 is 14.6 Å². The topological polar surface area (TPSA) is 67.6 Å². The number of amides is 1. The first-order chi connectivity index (χ1) is 12.9. The second-order valence-electron chi connectivity index (χ2n) is 7.28. The normalized spacial score (nSPS) is 20.4. The Morgan fingerprint density at radius 1 is 1.33 bits per heavy atom. The fourth-order valence-electron chi connectivity index (χ4n) is 3.32. The highest BCUT2D eigenvalue weighted by Gasteiger charge is 2.32. The summed E-state index contributed by atoms with van der Waals surface area (Å²) in [7, 11) is 0. The van der Waals surface area contributed by atoms with Crippen LogP contribution in [0, 0.1) is 13.8 Å². The van der Waals surface area contributed by atoms with Gasteiger partial charge in [-0.15, -0.1) is 0 Å². The van der Waals surface area contributed by atoms with Crippen LogP contribution in [0.15, 0.2) is 30.6 Å². The van der Waals surface area contributed by atoms with Gasteiger partial charge in [-0.25, -0.2) is 4.98 Å². The summed E-state index contributed by atoms with van der Waals surface area (Å²) < 4.78 is 7.65. The number of halogens is 1. The molecule has 1 aromatic heterocycles. The van der Waals surface area contributed by atoms with Crippen molar-refractivity contribution >= 4 is 17.5 Å². The summed E-state index contributed by atoms with van der Waals surface area (Å²) in [4.78, 5) is 18.6. The van der Waals surface area contributed by atoms with E-state index >= 15 is 0 Å². The number of hydrogen-bond acceptors (Lipinski definition) is 4. The van der Waals surface area contributed by atoms with Gasteiger partial charge < -0.3 is 19.3 Å². The fraction of sp³-hybridized carbons (Fsp3) is 0.500. The molecule has 7 heteroatoms. The van der Waals surface area contributed by atoms with Gasteiger partial charge in [0.15, 0.2) is 0 Å². The third kappa shape index (κ3) is 5.02. The molecule has 1 saturated heterocycles. The second-order valence-corrected chi connectivity index (χ2v) is 7.69. The minimum absolute atomic E-state index is 0.0444. The zero-order valence-electron chi connectivity index (χ0n) is 15.8. The molecule has 1 aliphatic rings. The maximum Gasteiger partial charge on any atom is 0.242 e. The van der Waals surface area contributed by atoms with Crippen LogP contribution in [0.5, 0.6) is 5.75 Å². The maximum atomic E-state index is 12.6. The van der Waals surface area contributed by atoms with E-state index in [1.807, 2.05) is 35.4 Å². The summed E-state index contributed by atoms with van der Waals surface area (Å²) in [5.41, 5.74) is 0.0846. The van der Waals surface area contributed by atoms with Crippen LogP contribution in [0.4, 0.5) is 0 Å². The molecule has 6 nitrogen and oxygen atoms in total. The molecule has 1 aliphatic heterocycles. The van der Waals surface area contributed by atoms with Gasteiger partial charge in [-0.2, -0.15) is 0 Å². The van der Waals surface area contributed by atoms with Crippen molar-refractivity contribution in [2.75, 3.05) is 19.7 Å². The van der Waals surface area contributed by atoms with Crippen molar-refractivity contribution in [3.8, 4) is 5.75 Å². The number of rotatable bonds is 5. The number of imidazole rings is 1. The molecule has 1 N–H and O–H groups in total. The molecule has 1 atom stereocenters. The first kappa shape index (κ1) is 19.7. The Morgan fingerprint density at radius 2 is 2.15 bits per heavy atom. The average Bonchev–Trinajstić information content (AvgIpc) is 2.92. The van der Waals surface area contributed by atoms with Crippen LogP contribution >= 0.6 is 11.6 Å². The van der Waals surface area contributed by atoms with Crippen LogP contribution in [-0.2, 0) is 11.3 Å². The van der Waals surface area contributed by atoms with Gasteiger partial charge >= 0.3 is 0 Å². The Labute approximate surface area is 164 Å². The molecule has 2 aromatic rings. The Kier molecular flexibility index (Phi) is 6.07. The number of hydrogen-bond donors (Lipinski definition) is 1. The predicted octanol–water partition coefficient (Wildman–Crippen LogP) is 2.98. The van der Waals surface area contributed by atoms with Crippen LogP contribution < -0.4 is 4.74 Å². The lowest BCUT2D eigenvalue weighted by atomic mass is 9.96. The molecule has 0 aliphatic carbocycles. The molecule has 2 heterocycles. The van der Waals surface area contributed by atoms with Crippen molar-refractivity contribution in [1.82, 2.24) is 14.5 Å². The first-order valence-electron chi connectivity index (χ1n) is 9.23. The average molecular weight is 392 g/mol. The van der Waals surface area contributed by atoms with E-state index in [1.165, 1.54) is 0 Å². The molecular weight excluding hydrogens is 366 g/mol. The third-order valence-electron chi connectivity index (χ3n) is 5.08. The zero-order valence-corrected chi connectivity index (χ0v) is 16.6. The van der Waals surface area contributed by atoms with E-state index in [-0.39, 0.29) is 19.1 Å². The fourth-order valence-corrected chi connectivity index (χ4v) is 3.49. The van der Waals surface area contributed by atoms with E-state index in [4.69, 9.17) is 16.3 Å². The number of carbonyl (C=O) groups is 1. The molecule has 0 radical (unpaired) electrons. The van der Waals surface area contributed by atoms with Gasteiger partial charge in [0.2, 0.25) is 5.91 Å². The number of ether oxygens (including phenoxy) is 1. The molecule has 0 saturated carbocycles. The van der Waals surface area contributed by atoms with E-state index in [1.54, 1.807) is 18.5 Å². The van der Waals surface area contributed by atoms with Crippen LogP contribution in [0.3, 0.4) is 0 Å². The summed E-state index contributed by atoms with van der Waals surface area (Å²) in [6.07, 6.45) is 5.30. The number of aliphatic hydroxyl groups is 1. The first-order valence-corrected chi connectivity index (χ1v) is 9.61. The molecule has 0 unspecified atom stereocenters. The Bertz CT molecular complexity index is 808. The zero-order chi connectivity index (χ0) is 19.4. The quantitative estimate of drug-likeness (QED) is 0.850. The van der Waals surface area contributed by atoms with Gasteiger partial charge in [0.25, 0.3) is 0 Å². The van der Waals surface area contributed by atoms with E-state index in [9.17, 15) is 9.90 Å². The van der Waals surface area contributed by atoms with Gasteiger partial charge in [-0.05, 0) is 50.8 Å². The van der Waals surface area contributed by atoms with Gasteiger partial charge in [-0.3, -0.25) is 4.79 Å². The van der Waals surface area contributed by atoms with Crippen molar-refractivity contribution in [3.05, 3.63) is 47.0 Å². The second kappa shape index (κ2) is 8.31. The molecule has 27 heavy (non-hydrogen) atoms. The lowest BCUT2D eigenvalue weighted by Crippen LogP contribution is -2.39. The van der Waals surface area contributed by atoms with Crippen molar-refractivity contribution in [3.63, 3.8) is 0 Å². The van der Waals surface area contributed by atoms with Crippen LogP contribution in [0.2, 0.25) is 5.02 Å². The van der Waals surface area contributed by atoms with Crippen LogP contribution in [0.1, 0.15) is 30.7 Å². The summed E-state index contributed by atoms with van der Waals surface area (Å²) in [5, 5.41) is 11.5. The van der Waals surface area contributed by atoms with Gasteiger partial charge in [-0.1, -0.05) is 17.7 Å². The van der Waals surface area contributed by atoms with E-state index < -0.39 is 5.60 Å². The minimum Gasteiger partial charge on any atom is -0.489 e. The van der Waals surface area contributed by atoms with Crippen molar-refractivity contribution in [2.45, 2.75) is 45.3 Å². The Balaban J connectivity index is 1.57. The molecule has 1 amide bonds. The van der Waals surface area contributed by atoms with Crippen LogP contribution in [0.25, 0.3) is 0 Å². The summed E-state index contributed by atoms with van der Waals surface area (Å²) in [6.45, 7) is 5.43.